The van der Waals surface area contributed by atoms with Crippen molar-refractivity contribution >= 4 is 0 Å². The van der Waals surface area contributed by atoms with Crippen molar-refractivity contribution in [1.82, 2.24) is 4.90 Å². The summed E-state index contributed by atoms with van der Waals surface area (Å²) < 4.78 is 0. The zero-order chi connectivity index (χ0) is 8.60. The van der Waals surface area contributed by atoms with E-state index in [1.807, 2.05) is 0 Å². The molecule has 0 aromatic rings. The van der Waals surface area contributed by atoms with Crippen LogP contribution in [0.5, 0.6) is 0 Å². The fourth-order valence-corrected chi connectivity index (χ4v) is 2.17. The summed E-state index contributed by atoms with van der Waals surface area (Å²) in [5.74, 6) is 0.704. The van der Waals surface area contributed by atoms with E-state index in [1.165, 1.54) is 45.3 Å². The van der Waals surface area contributed by atoms with Gasteiger partial charge in [0.2, 0.25) is 0 Å². The topological polar surface area (TPSA) is 29.3 Å². The number of rotatable bonds is 3. The molecule has 1 heterocycles. The lowest BCUT2D eigenvalue weighted by Gasteiger charge is -2.24. The van der Waals surface area contributed by atoms with Gasteiger partial charge in [-0.3, -0.25) is 0 Å². The molecule has 0 aromatic heterocycles. The number of hydrogen-bond donors (Lipinski definition) is 1. The predicted octanol–water partition coefficient (Wildman–Crippen LogP) is 1.21. The maximum Gasteiger partial charge on any atom is 0.0193 e. The lowest BCUT2D eigenvalue weighted by Crippen LogP contribution is -2.38. The molecule has 0 spiro atoms. The van der Waals surface area contributed by atoms with Crippen LogP contribution in [0.15, 0.2) is 0 Å². The van der Waals surface area contributed by atoms with E-state index in [9.17, 15) is 0 Å². The summed E-state index contributed by atoms with van der Waals surface area (Å²) in [6, 6.07) is 0. The minimum atomic E-state index is 0.225. The summed E-state index contributed by atoms with van der Waals surface area (Å²) in [6.45, 7) is 6.16. The summed E-state index contributed by atoms with van der Waals surface area (Å²) in [7, 11) is 0. The summed E-state index contributed by atoms with van der Waals surface area (Å²) in [5.41, 5.74) is 6.37. The van der Waals surface area contributed by atoms with Gasteiger partial charge in [-0.1, -0.05) is 6.92 Å². The van der Waals surface area contributed by atoms with Crippen molar-refractivity contribution in [2.75, 3.05) is 19.6 Å². The zero-order valence-electron chi connectivity index (χ0n) is 8.05. The maximum atomic E-state index is 6.14. The van der Waals surface area contributed by atoms with Gasteiger partial charge in [-0.25, -0.2) is 0 Å². The van der Waals surface area contributed by atoms with Crippen LogP contribution in [-0.4, -0.2) is 30.1 Å². The molecule has 2 heteroatoms. The molecule has 1 saturated heterocycles. The smallest absolute Gasteiger partial charge is 0.0193 e. The molecule has 2 aliphatic rings. The second kappa shape index (κ2) is 3.00. The van der Waals surface area contributed by atoms with Gasteiger partial charge < -0.3 is 10.6 Å². The fourth-order valence-electron chi connectivity index (χ4n) is 2.17. The number of nitrogens with zero attached hydrogens (tertiary/aromatic N) is 1. The van der Waals surface area contributed by atoms with Crippen molar-refractivity contribution in [2.24, 2.45) is 11.7 Å². The largest absolute Gasteiger partial charge is 0.325 e. The average molecular weight is 168 g/mol. The van der Waals surface area contributed by atoms with Crippen LogP contribution in [0.3, 0.4) is 0 Å². The third-order valence-corrected chi connectivity index (χ3v) is 3.54. The van der Waals surface area contributed by atoms with E-state index in [2.05, 4.69) is 11.8 Å². The molecule has 0 aromatic carbocycles. The van der Waals surface area contributed by atoms with Crippen LogP contribution in [0, 0.1) is 5.92 Å². The first-order chi connectivity index (χ1) is 5.71. The Morgan fingerprint density at radius 2 is 1.92 bits per heavy atom. The van der Waals surface area contributed by atoms with Crippen molar-refractivity contribution in [3.05, 3.63) is 0 Å². The molecule has 1 aliphatic heterocycles. The fraction of sp³-hybridized carbons (Fsp3) is 1.00. The second-order valence-corrected chi connectivity index (χ2v) is 4.64. The first-order valence-electron chi connectivity index (χ1n) is 5.22. The molecule has 1 atom stereocenters. The van der Waals surface area contributed by atoms with Crippen molar-refractivity contribution in [1.29, 1.82) is 0 Å². The van der Waals surface area contributed by atoms with Crippen LogP contribution in [0.4, 0.5) is 0 Å². The zero-order valence-corrected chi connectivity index (χ0v) is 8.05. The molecule has 70 valence electrons. The highest BCUT2D eigenvalue weighted by Gasteiger charge is 2.43. The Labute approximate surface area is 75.1 Å². The second-order valence-electron chi connectivity index (χ2n) is 4.64. The van der Waals surface area contributed by atoms with Crippen LogP contribution in [0.25, 0.3) is 0 Å². The molecule has 12 heavy (non-hydrogen) atoms. The third kappa shape index (κ3) is 1.64. The van der Waals surface area contributed by atoms with Gasteiger partial charge in [0, 0.05) is 12.1 Å². The van der Waals surface area contributed by atoms with Crippen LogP contribution < -0.4 is 5.73 Å². The van der Waals surface area contributed by atoms with E-state index in [0.717, 1.165) is 0 Å². The number of hydrogen-bond acceptors (Lipinski definition) is 2. The predicted molar refractivity (Wildman–Crippen MR) is 51.0 cm³/mol. The van der Waals surface area contributed by atoms with Gasteiger partial charge >= 0.3 is 0 Å². The molecule has 1 unspecified atom stereocenters. The van der Waals surface area contributed by atoms with E-state index < -0.39 is 0 Å². The molecule has 0 bridgehead atoms. The Balaban J connectivity index is 1.78. The Kier molecular flexibility index (Phi) is 2.13. The van der Waals surface area contributed by atoms with Crippen molar-refractivity contribution in [3.8, 4) is 0 Å². The highest BCUT2D eigenvalue weighted by molar-refractivity contribution is 5.03. The van der Waals surface area contributed by atoms with Gasteiger partial charge in [0.1, 0.15) is 0 Å². The summed E-state index contributed by atoms with van der Waals surface area (Å²) in [5, 5.41) is 0. The highest BCUT2D eigenvalue weighted by atomic mass is 15.1. The molecule has 2 nitrogen and oxygen atoms in total. The first-order valence-corrected chi connectivity index (χ1v) is 5.22. The van der Waals surface area contributed by atoms with Gasteiger partial charge in [0.15, 0.2) is 0 Å². The van der Waals surface area contributed by atoms with Gasteiger partial charge in [0.25, 0.3) is 0 Å². The molecule has 1 aliphatic carbocycles. The standard InChI is InChI=1S/C10H20N2/c1-9(10(11)4-5-10)8-12-6-2-3-7-12/h9H,2-8,11H2,1H3. The number of nitrogens with two attached hydrogens (primary N) is 1. The molecule has 1 saturated carbocycles. The Morgan fingerprint density at radius 1 is 1.33 bits per heavy atom. The molecular formula is C10H20N2. The quantitative estimate of drug-likeness (QED) is 0.686. The minimum Gasteiger partial charge on any atom is -0.325 e. The average Bonchev–Trinajstić information content (AvgIpc) is 2.63. The first kappa shape index (κ1) is 8.52. The SMILES string of the molecule is CC(CN1CCCC1)C1(N)CC1. The van der Waals surface area contributed by atoms with E-state index >= 15 is 0 Å². The van der Waals surface area contributed by atoms with E-state index in [4.69, 9.17) is 5.73 Å². The lowest BCUT2D eigenvalue weighted by atomic mass is 10.0. The lowest BCUT2D eigenvalue weighted by molar-refractivity contribution is 0.257. The van der Waals surface area contributed by atoms with Gasteiger partial charge in [-0.05, 0) is 44.7 Å². The number of likely N-dealkylation sites (tertiary alicyclic amines) is 1. The van der Waals surface area contributed by atoms with Crippen LogP contribution >= 0.6 is 0 Å². The molecule has 2 rings (SSSR count). The highest BCUT2D eigenvalue weighted by Crippen LogP contribution is 2.39. The molecular weight excluding hydrogens is 148 g/mol. The van der Waals surface area contributed by atoms with Crippen LogP contribution in [-0.2, 0) is 0 Å². The third-order valence-electron chi connectivity index (χ3n) is 3.54. The Morgan fingerprint density at radius 3 is 2.42 bits per heavy atom. The van der Waals surface area contributed by atoms with Crippen molar-refractivity contribution in [3.63, 3.8) is 0 Å². The summed E-state index contributed by atoms with van der Waals surface area (Å²) in [6.07, 6.45) is 5.29. The Bertz CT molecular complexity index is 157. The van der Waals surface area contributed by atoms with Crippen molar-refractivity contribution in [2.45, 2.75) is 38.1 Å². The monoisotopic (exact) mass is 168 g/mol. The van der Waals surface area contributed by atoms with E-state index in [0.29, 0.717) is 5.92 Å². The molecule has 2 N–H and O–H groups in total. The van der Waals surface area contributed by atoms with E-state index in [1.54, 1.807) is 0 Å². The van der Waals surface area contributed by atoms with Crippen LogP contribution in [0.1, 0.15) is 32.6 Å². The van der Waals surface area contributed by atoms with Gasteiger partial charge in [-0.2, -0.15) is 0 Å². The molecule has 2 fully saturated rings. The van der Waals surface area contributed by atoms with E-state index in [-0.39, 0.29) is 5.54 Å². The summed E-state index contributed by atoms with van der Waals surface area (Å²) in [4.78, 5) is 2.57. The molecule has 0 radical (unpaired) electrons. The van der Waals surface area contributed by atoms with Gasteiger partial charge in [0.05, 0.1) is 0 Å². The van der Waals surface area contributed by atoms with Crippen LogP contribution in [0.2, 0.25) is 0 Å². The minimum absolute atomic E-state index is 0.225. The maximum absolute atomic E-state index is 6.14. The van der Waals surface area contributed by atoms with Gasteiger partial charge in [-0.15, -0.1) is 0 Å². The normalized spacial score (nSPS) is 30.5. The van der Waals surface area contributed by atoms with Crippen molar-refractivity contribution < 1.29 is 0 Å². The molecule has 0 amide bonds. The summed E-state index contributed by atoms with van der Waals surface area (Å²) >= 11 is 0. The Hall–Kier alpha value is -0.0800.